The topological polar surface area (TPSA) is 98.5 Å². The zero-order valence-electron chi connectivity index (χ0n) is 17.1. The molecule has 0 fully saturated rings. The number of nitrogens with two attached hydrogens (primary N) is 1. The quantitative estimate of drug-likeness (QED) is 0.637. The van der Waals surface area contributed by atoms with Crippen LogP contribution in [0.5, 0.6) is 0 Å². The van der Waals surface area contributed by atoms with Crippen LogP contribution in [-0.4, -0.2) is 30.4 Å². The fourth-order valence-corrected chi connectivity index (χ4v) is 3.35. The minimum absolute atomic E-state index is 0.0187. The van der Waals surface area contributed by atoms with Crippen molar-refractivity contribution in [3.05, 3.63) is 71.8 Å². The van der Waals surface area contributed by atoms with E-state index in [4.69, 9.17) is 10.5 Å². The largest absolute Gasteiger partial charge is 0.466 e. The molecule has 2 atom stereocenters. The Balaban J connectivity index is 2.35. The summed E-state index contributed by atoms with van der Waals surface area (Å²) in [6.45, 7) is 5.45. The second-order valence-corrected chi connectivity index (χ2v) is 7.20. The van der Waals surface area contributed by atoms with E-state index in [1.807, 2.05) is 60.7 Å². The molecular formula is C23H28N2O4. The predicted molar refractivity (Wildman–Crippen MR) is 111 cm³/mol. The third kappa shape index (κ3) is 5.22. The van der Waals surface area contributed by atoms with Gasteiger partial charge in [-0.3, -0.25) is 14.4 Å². The van der Waals surface area contributed by atoms with E-state index >= 15 is 0 Å². The number of benzene rings is 2. The molecule has 0 saturated heterocycles. The lowest BCUT2D eigenvalue weighted by atomic mass is 9.75. The van der Waals surface area contributed by atoms with Gasteiger partial charge in [-0.05, 0) is 30.9 Å². The lowest BCUT2D eigenvalue weighted by Gasteiger charge is -2.32. The van der Waals surface area contributed by atoms with Gasteiger partial charge in [0, 0.05) is 0 Å². The minimum atomic E-state index is -1.04. The highest BCUT2D eigenvalue weighted by Crippen LogP contribution is 2.32. The van der Waals surface area contributed by atoms with Crippen molar-refractivity contribution in [2.45, 2.75) is 38.6 Å². The number of hydrogen-bond donors (Lipinski definition) is 2. The SMILES string of the molecule is CCOC(=O)C[C@@H](C)[C@@H](NC(=O)C(C)(c1ccccc1)c1ccccc1)C(N)=O. The highest BCUT2D eigenvalue weighted by atomic mass is 16.5. The van der Waals surface area contributed by atoms with Crippen molar-refractivity contribution < 1.29 is 19.1 Å². The van der Waals surface area contributed by atoms with Gasteiger partial charge in [0.25, 0.3) is 0 Å². The molecule has 0 radical (unpaired) electrons. The van der Waals surface area contributed by atoms with Gasteiger partial charge >= 0.3 is 5.97 Å². The number of primary amides is 1. The second kappa shape index (κ2) is 9.87. The molecule has 2 aromatic carbocycles. The molecule has 0 aliphatic rings. The Morgan fingerprint density at radius 1 is 1.00 bits per heavy atom. The van der Waals surface area contributed by atoms with Gasteiger partial charge < -0.3 is 15.8 Å². The van der Waals surface area contributed by atoms with Crippen LogP contribution in [0.1, 0.15) is 38.3 Å². The summed E-state index contributed by atoms with van der Waals surface area (Å²) in [6, 6.07) is 17.7. The number of hydrogen-bond acceptors (Lipinski definition) is 4. The van der Waals surface area contributed by atoms with E-state index in [9.17, 15) is 14.4 Å². The number of amides is 2. The smallest absolute Gasteiger partial charge is 0.306 e. The first-order valence-electron chi connectivity index (χ1n) is 9.67. The predicted octanol–water partition coefficient (Wildman–Crippen LogP) is 2.55. The molecule has 0 aliphatic carbocycles. The minimum Gasteiger partial charge on any atom is -0.466 e. The molecule has 0 spiro atoms. The molecule has 6 nitrogen and oxygen atoms in total. The van der Waals surface area contributed by atoms with Gasteiger partial charge in [0.2, 0.25) is 11.8 Å². The number of ether oxygens (including phenoxy) is 1. The maximum Gasteiger partial charge on any atom is 0.306 e. The Morgan fingerprint density at radius 2 is 1.48 bits per heavy atom. The Bertz CT molecular complexity index is 797. The summed E-state index contributed by atoms with van der Waals surface area (Å²) in [5.74, 6) is -2.01. The fourth-order valence-electron chi connectivity index (χ4n) is 3.35. The molecule has 2 amide bonds. The van der Waals surface area contributed by atoms with E-state index in [0.29, 0.717) is 0 Å². The number of esters is 1. The van der Waals surface area contributed by atoms with Crippen LogP contribution in [0, 0.1) is 5.92 Å². The molecule has 2 rings (SSSR count). The zero-order valence-corrected chi connectivity index (χ0v) is 17.1. The van der Waals surface area contributed by atoms with Crippen molar-refractivity contribution in [3.8, 4) is 0 Å². The summed E-state index contributed by atoms with van der Waals surface area (Å²) in [5, 5.41) is 2.78. The molecule has 0 bridgehead atoms. The van der Waals surface area contributed by atoms with Crippen LogP contribution in [0.2, 0.25) is 0 Å². The van der Waals surface area contributed by atoms with Crippen LogP contribution in [0.4, 0.5) is 0 Å². The van der Waals surface area contributed by atoms with Crippen molar-refractivity contribution in [2.75, 3.05) is 6.61 Å². The van der Waals surface area contributed by atoms with E-state index in [0.717, 1.165) is 11.1 Å². The maximum atomic E-state index is 13.5. The summed E-state index contributed by atoms with van der Waals surface area (Å²) in [4.78, 5) is 37.4. The molecule has 0 saturated carbocycles. The summed E-state index contributed by atoms with van der Waals surface area (Å²) < 4.78 is 4.95. The fraction of sp³-hybridized carbons (Fsp3) is 0.348. The van der Waals surface area contributed by atoms with Gasteiger partial charge in [-0.1, -0.05) is 67.6 Å². The Kier molecular flexibility index (Phi) is 7.53. The van der Waals surface area contributed by atoms with Gasteiger partial charge in [-0.25, -0.2) is 0 Å². The number of rotatable bonds is 9. The van der Waals surface area contributed by atoms with Crippen LogP contribution in [0.3, 0.4) is 0 Å². The van der Waals surface area contributed by atoms with E-state index in [-0.39, 0.29) is 18.9 Å². The molecule has 29 heavy (non-hydrogen) atoms. The molecule has 0 heterocycles. The van der Waals surface area contributed by atoms with Crippen molar-refractivity contribution in [1.29, 1.82) is 0 Å². The Labute approximate surface area is 171 Å². The summed E-state index contributed by atoms with van der Waals surface area (Å²) in [6.07, 6.45) is -0.0187. The number of nitrogens with one attached hydrogen (secondary N) is 1. The molecule has 2 aromatic rings. The van der Waals surface area contributed by atoms with Gasteiger partial charge in [-0.15, -0.1) is 0 Å². The van der Waals surface area contributed by atoms with Crippen molar-refractivity contribution in [2.24, 2.45) is 11.7 Å². The van der Waals surface area contributed by atoms with Crippen molar-refractivity contribution in [3.63, 3.8) is 0 Å². The first-order valence-corrected chi connectivity index (χ1v) is 9.67. The molecular weight excluding hydrogens is 368 g/mol. The average Bonchev–Trinajstić information content (AvgIpc) is 2.72. The summed E-state index contributed by atoms with van der Waals surface area (Å²) in [5.41, 5.74) is 6.07. The van der Waals surface area contributed by atoms with Gasteiger partial charge in [0.1, 0.15) is 6.04 Å². The van der Waals surface area contributed by atoms with Crippen LogP contribution >= 0.6 is 0 Å². The lowest BCUT2D eigenvalue weighted by molar-refractivity contribution is -0.145. The Morgan fingerprint density at radius 3 is 1.90 bits per heavy atom. The lowest BCUT2D eigenvalue weighted by Crippen LogP contribution is -2.54. The number of carbonyl (C=O) groups excluding carboxylic acids is 3. The molecule has 154 valence electrons. The summed E-state index contributed by atoms with van der Waals surface area (Å²) in [7, 11) is 0. The normalized spacial score (nSPS) is 13.2. The number of carbonyl (C=O) groups is 3. The maximum absolute atomic E-state index is 13.5. The monoisotopic (exact) mass is 396 g/mol. The highest BCUT2D eigenvalue weighted by molar-refractivity contribution is 5.95. The van der Waals surface area contributed by atoms with Crippen LogP contribution in [-0.2, 0) is 24.5 Å². The summed E-state index contributed by atoms with van der Waals surface area (Å²) >= 11 is 0. The first kappa shape index (κ1) is 22.1. The van der Waals surface area contributed by atoms with Crippen LogP contribution in [0.25, 0.3) is 0 Å². The average molecular weight is 396 g/mol. The zero-order chi connectivity index (χ0) is 21.4. The van der Waals surface area contributed by atoms with Crippen molar-refractivity contribution in [1.82, 2.24) is 5.32 Å². The third-order valence-corrected chi connectivity index (χ3v) is 5.11. The van der Waals surface area contributed by atoms with E-state index in [1.165, 1.54) is 0 Å². The first-order chi connectivity index (χ1) is 13.8. The molecule has 6 heteroatoms. The van der Waals surface area contributed by atoms with Crippen LogP contribution in [0.15, 0.2) is 60.7 Å². The third-order valence-electron chi connectivity index (χ3n) is 5.11. The molecule has 0 aromatic heterocycles. The van der Waals surface area contributed by atoms with Gasteiger partial charge in [0.05, 0.1) is 18.4 Å². The Hall–Kier alpha value is -3.15. The highest BCUT2D eigenvalue weighted by Gasteiger charge is 2.39. The van der Waals surface area contributed by atoms with E-state index in [2.05, 4.69) is 5.32 Å². The molecule has 0 aliphatic heterocycles. The second-order valence-electron chi connectivity index (χ2n) is 7.20. The van der Waals surface area contributed by atoms with Gasteiger partial charge in [0.15, 0.2) is 0 Å². The molecule has 0 unspecified atom stereocenters. The van der Waals surface area contributed by atoms with Crippen molar-refractivity contribution >= 4 is 17.8 Å². The van der Waals surface area contributed by atoms with E-state index in [1.54, 1.807) is 20.8 Å². The molecule has 3 N–H and O–H groups in total. The van der Waals surface area contributed by atoms with E-state index < -0.39 is 29.3 Å². The van der Waals surface area contributed by atoms with Crippen LogP contribution < -0.4 is 11.1 Å². The standard InChI is InChI=1S/C23H28N2O4/c1-4-29-19(26)15-16(2)20(21(24)27)25-22(28)23(3,17-11-7-5-8-12-17)18-13-9-6-10-14-18/h5-14,16,20H,4,15H2,1-3H3,(H2,24,27)(H,25,28)/t16-,20-/m1/s1. The van der Waals surface area contributed by atoms with Gasteiger partial charge in [-0.2, -0.15) is 0 Å².